The Morgan fingerprint density at radius 1 is 1.10 bits per heavy atom. The summed E-state index contributed by atoms with van der Waals surface area (Å²) in [6.07, 6.45) is 3.30. The maximum atomic E-state index is 11.9. The average molecular weight is 301 g/mol. The van der Waals surface area contributed by atoms with Crippen molar-refractivity contribution < 1.29 is 4.79 Å². The molecule has 3 aromatic heterocycles. The van der Waals surface area contributed by atoms with Crippen molar-refractivity contribution in [2.75, 3.05) is 0 Å². The maximum Gasteiger partial charge on any atom is 0.252 e. The molecule has 0 spiro atoms. The lowest BCUT2D eigenvalue weighted by atomic mass is 10.2. The van der Waals surface area contributed by atoms with Gasteiger partial charge in [-0.05, 0) is 22.9 Å². The van der Waals surface area contributed by atoms with E-state index in [4.69, 9.17) is 0 Å². The van der Waals surface area contributed by atoms with Crippen LogP contribution in [0, 0.1) is 0 Å². The number of carbonyl (C=O) groups excluding carboxylic acids is 1. The number of amides is 1. The minimum absolute atomic E-state index is 0.0897. The fourth-order valence-corrected chi connectivity index (χ4v) is 3.07. The van der Waals surface area contributed by atoms with E-state index in [1.807, 2.05) is 27.6 Å². The molecule has 6 heteroatoms. The van der Waals surface area contributed by atoms with Crippen molar-refractivity contribution in [1.29, 1.82) is 0 Å². The van der Waals surface area contributed by atoms with Crippen LogP contribution < -0.4 is 5.32 Å². The summed E-state index contributed by atoms with van der Waals surface area (Å²) in [4.78, 5) is 20.6. The first kappa shape index (κ1) is 13.0. The summed E-state index contributed by atoms with van der Waals surface area (Å²) in [5.41, 5.74) is 3.30. The van der Waals surface area contributed by atoms with Crippen LogP contribution in [-0.4, -0.2) is 15.9 Å². The summed E-state index contributed by atoms with van der Waals surface area (Å²) in [5, 5.41) is 10.6. The quantitative estimate of drug-likeness (QED) is 0.805. The molecular formula is C14H11N3OS2. The van der Waals surface area contributed by atoms with Crippen LogP contribution in [0.1, 0.15) is 16.1 Å². The lowest BCUT2D eigenvalue weighted by Crippen LogP contribution is -2.23. The largest absolute Gasteiger partial charge is 0.346 e. The van der Waals surface area contributed by atoms with Gasteiger partial charge in [0.05, 0.1) is 17.9 Å². The summed E-state index contributed by atoms with van der Waals surface area (Å²) in [6.45, 7) is 0.369. The van der Waals surface area contributed by atoms with Gasteiger partial charge in [-0.3, -0.25) is 14.8 Å². The fraction of sp³-hybridized carbons (Fsp3) is 0.0714. The summed E-state index contributed by atoms with van der Waals surface area (Å²) >= 11 is 3.12. The van der Waals surface area contributed by atoms with E-state index in [2.05, 4.69) is 15.3 Å². The van der Waals surface area contributed by atoms with Gasteiger partial charge in [0, 0.05) is 34.3 Å². The second kappa shape index (κ2) is 5.94. The maximum absolute atomic E-state index is 11.9. The number of thiophene rings is 2. The van der Waals surface area contributed by atoms with Gasteiger partial charge in [0.1, 0.15) is 0 Å². The Bertz CT molecular complexity index is 693. The highest BCUT2D eigenvalue weighted by Gasteiger charge is 2.10. The van der Waals surface area contributed by atoms with E-state index in [0.717, 1.165) is 17.0 Å². The van der Waals surface area contributed by atoms with Gasteiger partial charge in [-0.15, -0.1) is 0 Å². The number of carbonyl (C=O) groups is 1. The molecule has 0 aliphatic heterocycles. The van der Waals surface area contributed by atoms with Crippen molar-refractivity contribution in [2.24, 2.45) is 0 Å². The number of hydrogen-bond acceptors (Lipinski definition) is 5. The molecule has 0 aliphatic rings. The molecule has 100 valence electrons. The van der Waals surface area contributed by atoms with Gasteiger partial charge >= 0.3 is 0 Å². The Morgan fingerprint density at radius 2 is 1.90 bits per heavy atom. The molecule has 0 aromatic carbocycles. The predicted molar refractivity (Wildman–Crippen MR) is 80.8 cm³/mol. The summed E-state index contributed by atoms with van der Waals surface area (Å²) in [6, 6.07) is 3.80. The van der Waals surface area contributed by atoms with E-state index < -0.39 is 0 Å². The van der Waals surface area contributed by atoms with Gasteiger partial charge in [0.15, 0.2) is 0 Å². The van der Waals surface area contributed by atoms with E-state index in [-0.39, 0.29) is 5.91 Å². The predicted octanol–water partition coefficient (Wildman–Crippen LogP) is 3.20. The summed E-state index contributed by atoms with van der Waals surface area (Å²) < 4.78 is 0. The van der Waals surface area contributed by atoms with Crippen molar-refractivity contribution >= 4 is 28.6 Å². The molecule has 0 atom stereocenters. The minimum Gasteiger partial charge on any atom is -0.346 e. The molecule has 0 aliphatic carbocycles. The molecule has 0 unspecified atom stereocenters. The van der Waals surface area contributed by atoms with Gasteiger partial charge in [-0.25, -0.2) is 0 Å². The number of rotatable bonds is 4. The van der Waals surface area contributed by atoms with E-state index in [1.54, 1.807) is 29.8 Å². The molecule has 3 aromatic rings. The van der Waals surface area contributed by atoms with Crippen LogP contribution >= 0.6 is 22.7 Å². The molecular weight excluding hydrogens is 290 g/mol. The van der Waals surface area contributed by atoms with E-state index >= 15 is 0 Å². The van der Waals surface area contributed by atoms with Crippen LogP contribution in [0.5, 0.6) is 0 Å². The smallest absolute Gasteiger partial charge is 0.252 e. The topological polar surface area (TPSA) is 54.9 Å². The van der Waals surface area contributed by atoms with Crippen molar-refractivity contribution in [3.05, 3.63) is 57.3 Å². The molecule has 3 rings (SSSR count). The zero-order chi connectivity index (χ0) is 13.8. The Balaban J connectivity index is 1.77. The zero-order valence-electron chi connectivity index (χ0n) is 10.4. The Labute approximate surface area is 124 Å². The van der Waals surface area contributed by atoms with Gasteiger partial charge in [-0.2, -0.15) is 22.7 Å². The molecule has 3 heterocycles. The van der Waals surface area contributed by atoms with Gasteiger partial charge in [0.2, 0.25) is 0 Å². The van der Waals surface area contributed by atoms with E-state index in [0.29, 0.717) is 12.1 Å². The third-order valence-corrected chi connectivity index (χ3v) is 4.13. The Hall–Kier alpha value is -2.05. The van der Waals surface area contributed by atoms with Crippen LogP contribution in [0.2, 0.25) is 0 Å². The molecule has 1 N–H and O–H groups in total. The normalized spacial score (nSPS) is 10.4. The third kappa shape index (κ3) is 2.76. The summed E-state index contributed by atoms with van der Waals surface area (Å²) in [7, 11) is 0. The molecule has 0 radical (unpaired) electrons. The Morgan fingerprint density at radius 3 is 2.65 bits per heavy atom. The molecule has 0 saturated carbocycles. The van der Waals surface area contributed by atoms with Crippen LogP contribution in [0.15, 0.2) is 46.0 Å². The van der Waals surface area contributed by atoms with Crippen molar-refractivity contribution in [3.63, 3.8) is 0 Å². The molecule has 4 nitrogen and oxygen atoms in total. The number of nitrogens with zero attached hydrogens (tertiary/aromatic N) is 2. The zero-order valence-corrected chi connectivity index (χ0v) is 12.1. The second-order valence-electron chi connectivity index (χ2n) is 4.06. The number of aromatic nitrogens is 2. The number of nitrogens with one attached hydrogen (secondary N) is 1. The lowest BCUT2D eigenvalue weighted by Gasteiger charge is -2.07. The van der Waals surface area contributed by atoms with Crippen LogP contribution in [-0.2, 0) is 6.54 Å². The first-order valence-corrected chi connectivity index (χ1v) is 7.86. The van der Waals surface area contributed by atoms with Gasteiger partial charge < -0.3 is 5.32 Å². The van der Waals surface area contributed by atoms with Crippen LogP contribution in [0.25, 0.3) is 11.3 Å². The minimum atomic E-state index is -0.0897. The highest BCUT2D eigenvalue weighted by atomic mass is 32.1. The van der Waals surface area contributed by atoms with E-state index in [1.165, 1.54) is 11.3 Å². The molecule has 20 heavy (non-hydrogen) atoms. The molecule has 0 saturated heterocycles. The second-order valence-corrected chi connectivity index (χ2v) is 5.62. The van der Waals surface area contributed by atoms with Crippen molar-refractivity contribution in [3.8, 4) is 11.3 Å². The fourth-order valence-electron chi connectivity index (χ4n) is 1.80. The standard InChI is InChI=1S/C14H11N3OS2/c18-14(11-2-6-20-9-11)17-7-12-13(16-4-3-15-12)10-1-5-19-8-10/h1-6,8-9H,7H2,(H,17,18). The molecule has 1 amide bonds. The van der Waals surface area contributed by atoms with E-state index in [9.17, 15) is 4.79 Å². The van der Waals surface area contributed by atoms with Crippen LogP contribution in [0.4, 0.5) is 0 Å². The summed E-state index contributed by atoms with van der Waals surface area (Å²) in [5.74, 6) is -0.0897. The molecule has 0 bridgehead atoms. The highest BCUT2D eigenvalue weighted by Crippen LogP contribution is 2.22. The molecule has 0 fully saturated rings. The average Bonchev–Trinajstić information content (AvgIpc) is 3.17. The van der Waals surface area contributed by atoms with Crippen molar-refractivity contribution in [2.45, 2.75) is 6.54 Å². The Kier molecular flexibility index (Phi) is 3.85. The first-order chi connectivity index (χ1) is 9.84. The van der Waals surface area contributed by atoms with Crippen molar-refractivity contribution in [1.82, 2.24) is 15.3 Å². The third-order valence-electron chi connectivity index (χ3n) is 2.77. The SMILES string of the molecule is O=C(NCc1nccnc1-c1ccsc1)c1ccsc1. The van der Waals surface area contributed by atoms with Crippen LogP contribution in [0.3, 0.4) is 0 Å². The van der Waals surface area contributed by atoms with Gasteiger partial charge in [0.25, 0.3) is 5.91 Å². The number of hydrogen-bond donors (Lipinski definition) is 1. The van der Waals surface area contributed by atoms with Gasteiger partial charge in [-0.1, -0.05) is 0 Å². The first-order valence-electron chi connectivity index (χ1n) is 5.97. The monoisotopic (exact) mass is 301 g/mol. The highest BCUT2D eigenvalue weighted by molar-refractivity contribution is 7.08. The lowest BCUT2D eigenvalue weighted by molar-refractivity contribution is 0.0951.